The van der Waals surface area contributed by atoms with Crippen molar-refractivity contribution in [3.8, 4) is 6.07 Å². The minimum atomic E-state index is 0.270. The molecule has 108 valence electrons. The predicted molar refractivity (Wildman–Crippen MR) is 81.1 cm³/mol. The molecule has 0 radical (unpaired) electrons. The zero-order valence-corrected chi connectivity index (χ0v) is 13.3. The van der Waals surface area contributed by atoms with Gasteiger partial charge in [-0.15, -0.1) is 0 Å². The van der Waals surface area contributed by atoms with Gasteiger partial charge in [-0.2, -0.15) is 17.0 Å². The van der Waals surface area contributed by atoms with Crippen molar-refractivity contribution in [1.82, 2.24) is 0 Å². The van der Waals surface area contributed by atoms with Crippen LogP contribution in [0.5, 0.6) is 0 Å². The standard InChI is InChI=1S/C16H27NOS/c1-16(2,3)13-5-4-12(11-17)15(10-13)19-14-6-8-18-9-7-14/h12-15H,4-10H2,1-3H3. The summed E-state index contributed by atoms with van der Waals surface area (Å²) >= 11 is 2.09. The van der Waals surface area contributed by atoms with Crippen molar-refractivity contribution >= 4 is 11.8 Å². The molecule has 0 bridgehead atoms. The molecule has 0 spiro atoms. The van der Waals surface area contributed by atoms with E-state index in [0.717, 1.165) is 25.6 Å². The molecule has 3 heteroatoms. The Bertz CT molecular complexity index is 325. The minimum Gasteiger partial charge on any atom is -0.381 e. The Kier molecular flexibility index (Phi) is 5.20. The molecule has 0 aromatic heterocycles. The molecule has 1 aliphatic heterocycles. The zero-order valence-electron chi connectivity index (χ0n) is 12.5. The first-order valence-corrected chi connectivity index (χ1v) is 8.58. The molecule has 2 rings (SSSR count). The maximum atomic E-state index is 9.39. The topological polar surface area (TPSA) is 33.0 Å². The van der Waals surface area contributed by atoms with Crippen LogP contribution in [0.1, 0.15) is 52.9 Å². The summed E-state index contributed by atoms with van der Waals surface area (Å²) in [6.07, 6.45) is 5.88. The van der Waals surface area contributed by atoms with Crippen LogP contribution in [0.25, 0.3) is 0 Å². The summed E-state index contributed by atoms with van der Waals surface area (Å²) in [7, 11) is 0. The molecule has 1 saturated heterocycles. The first-order valence-electron chi connectivity index (χ1n) is 7.63. The Morgan fingerprint density at radius 3 is 2.37 bits per heavy atom. The van der Waals surface area contributed by atoms with Crippen molar-refractivity contribution in [2.75, 3.05) is 13.2 Å². The second-order valence-electron chi connectivity index (χ2n) is 7.10. The van der Waals surface area contributed by atoms with E-state index in [-0.39, 0.29) is 5.92 Å². The van der Waals surface area contributed by atoms with Gasteiger partial charge in [0.05, 0.1) is 12.0 Å². The maximum Gasteiger partial charge on any atom is 0.0667 e. The third kappa shape index (κ3) is 4.13. The smallest absolute Gasteiger partial charge is 0.0667 e. The summed E-state index contributed by atoms with van der Waals surface area (Å²) in [5.41, 5.74) is 0.384. The molecule has 1 heterocycles. The fourth-order valence-corrected chi connectivity index (χ4v) is 4.96. The number of hydrogen-bond donors (Lipinski definition) is 0. The lowest BCUT2D eigenvalue weighted by Crippen LogP contribution is -2.34. The first kappa shape index (κ1) is 15.2. The van der Waals surface area contributed by atoms with Crippen LogP contribution in [0.4, 0.5) is 0 Å². The highest BCUT2D eigenvalue weighted by atomic mass is 32.2. The number of rotatable bonds is 2. The number of thioether (sulfide) groups is 1. The number of ether oxygens (including phenoxy) is 1. The lowest BCUT2D eigenvalue weighted by atomic mass is 9.70. The van der Waals surface area contributed by atoms with Crippen LogP contribution < -0.4 is 0 Å². The molecule has 0 amide bonds. The SMILES string of the molecule is CC(C)(C)C1CCC(C#N)C(SC2CCOCC2)C1. The van der Waals surface area contributed by atoms with Crippen LogP contribution >= 0.6 is 11.8 Å². The van der Waals surface area contributed by atoms with Crippen LogP contribution in [0, 0.1) is 28.6 Å². The van der Waals surface area contributed by atoms with Gasteiger partial charge in [-0.3, -0.25) is 0 Å². The van der Waals surface area contributed by atoms with Gasteiger partial charge in [-0.1, -0.05) is 20.8 Å². The van der Waals surface area contributed by atoms with E-state index in [1.54, 1.807) is 0 Å². The molecule has 2 aliphatic rings. The Labute approximate surface area is 122 Å². The molecule has 0 aromatic carbocycles. The van der Waals surface area contributed by atoms with Gasteiger partial charge >= 0.3 is 0 Å². The highest BCUT2D eigenvalue weighted by Gasteiger charge is 2.37. The number of nitriles is 1. The van der Waals surface area contributed by atoms with Crippen molar-refractivity contribution in [2.45, 2.75) is 63.4 Å². The molecule has 3 unspecified atom stereocenters. The summed E-state index contributed by atoms with van der Waals surface area (Å²) in [4.78, 5) is 0. The quantitative estimate of drug-likeness (QED) is 0.758. The fraction of sp³-hybridized carbons (Fsp3) is 0.938. The summed E-state index contributed by atoms with van der Waals surface area (Å²) in [6.45, 7) is 8.86. The van der Waals surface area contributed by atoms with Gasteiger partial charge in [-0.25, -0.2) is 0 Å². The van der Waals surface area contributed by atoms with Crippen molar-refractivity contribution in [3.63, 3.8) is 0 Å². The predicted octanol–water partition coefficient (Wildman–Crippen LogP) is 4.25. The molecule has 19 heavy (non-hydrogen) atoms. The monoisotopic (exact) mass is 281 g/mol. The van der Waals surface area contributed by atoms with E-state index in [1.807, 2.05) is 0 Å². The van der Waals surface area contributed by atoms with E-state index >= 15 is 0 Å². The number of hydrogen-bond acceptors (Lipinski definition) is 3. The van der Waals surface area contributed by atoms with E-state index in [2.05, 4.69) is 38.6 Å². The van der Waals surface area contributed by atoms with E-state index in [1.165, 1.54) is 25.7 Å². The minimum absolute atomic E-state index is 0.270. The lowest BCUT2D eigenvalue weighted by Gasteiger charge is -2.41. The molecule has 1 saturated carbocycles. The second-order valence-corrected chi connectivity index (χ2v) is 8.64. The lowest BCUT2D eigenvalue weighted by molar-refractivity contribution is 0.0995. The van der Waals surface area contributed by atoms with Crippen molar-refractivity contribution < 1.29 is 4.74 Å². The molecular weight excluding hydrogens is 254 g/mol. The summed E-state index contributed by atoms with van der Waals surface area (Å²) < 4.78 is 5.44. The maximum absolute atomic E-state index is 9.39. The van der Waals surface area contributed by atoms with Crippen LogP contribution in [0.15, 0.2) is 0 Å². The van der Waals surface area contributed by atoms with Gasteiger partial charge < -0.3 is 4.74 Å². The molecule has 3 atom stereocenters. The summed E-state index contributed by atoms with van der Waals surface area (Å²) in [5.74, 6) is 1.04. The average molecular weight is 281 g/mol. The van der Waals surface area contributed by atoms with Gasteiger partial charge in [-0.05, 0) is 43.4 Å². The number of nitrogens with zero attached hydrogens (tertiary/aromatic N) is 1. The van der Waals surface area contributed by atoms with Gasteiger partial charge in [0.15, 0.2) is 0 Å². The van der Waals surface area contributed by atoms with Crippen LogP contribution in [-0.4, -0.2) is 23.7 Å². The van der Waals surface area contributed by atoms with Gasteiger partial charge in [0, 0.05) is 23.7 Å². The third-order valence-electron chi connectivity index (χ3n) is 4.72. The van der Waals surface area contributed by atoms with E-state index < -0.39 is 0 Å². The molecule has 0 N–H and O–H groups in total. The van der Waals surface area contributed by atoms with E-state index in [4.69, 9.17) is 4.74 Å². The van der Waals surface area contributed by atoms with Gasteiger partial charge in [0.2, 0.25) is 0 Å². The van der Waals surface area contributed by atoms with Crippen molar-refractivity contribution in [2.24, 2.45) is 17.3 Å². The highest BCUT2D eigenvalue weighted by Crippen LogP contribution is 2.45. The van der Waals surface area contributed by atoms with Crippen molar-refractivity contribution in [1.29, 1.82) is 5.26 Å². The molecule has 2 nitrogen and oxygen atoms in total. The third-order valence-corrected chi connectivity index (χ3v) is 6.44. The molecule has 0 aromatic rings. The summed E-state index contributed by atoms with van der Waals surface area (Å²) in [6, 6.07) is 2.56. The largest absolute Gasteiger partial charge is 0.381 e. The molecule has 1 aliphatic carbocycles. The normalized spacial score (nSPS) is 33.9. The Balaban J connectivity index is 1.95. The van der Waals surface area contributed by atoms with Crippen LogP contribution in [0.2, 0.25) is 0 Å². The molecule has 2 fully saturated rings. The second kappa shape index (κ2) is 6.50. The van der Waals surface area contributed by atoms with E-state index in [0.29, 0.717) is 15.9 Å². The van der Waals surface area contributed by atoms with E-state index in [9.17, 15) is 5.26 Å². The summed E-state index contributed by atoms with van der Waals surface area (Å²) in [5, 5.41) is 10.7. The zero-order chi connectivity index (χ0) is 13.9. The highest BCUT2D eigenvalue weighted by molar-refractivity contribution is 8.00. The first-order chi connectivity index (χ1) is 9.00. The van der Waals surface area contributed by atoms with Gasteiger partial charge in [0.1, 0.15) is 0 Å². The Morgan fingerprint density at radius 2 is 1.79 bits per heavy atom. The Hall–Kier alpha value is -0.200. The molecular formula is C16H27NOS. The van der Waals surface area contributed by atoms with Crippen molar-refractivity contribution in [3.05, 3.63) is 0 Å². The van der Waals surface area contributed by atoms with Crippen LogP contribution in [-0.2, 0) is 4.74 Å². The van der Waals surface area contributed by atoms with Crippen LogP contribution in [0.3, 0.4) is 0 Å². The fourth-order valence-electron chi connectivity index (χ4n) is 3.27. The average Bonchev–Trinajstić information content (AvgIpc) is 2.39. The Morgan fingerprint density at radius 1 is 1.11 bits per heavy atom. The van der Waals surface area contributed by atoms with Gasteiger partial charge in [0.25, 0.3) is 0 Å².